The Morgan fingerprint density at radius 2 is 2.30 bits per heavy atom. The number of nitrogens with two attached hydrogens (primary N) is 1. The number of hydrogen-bond donors (Lipinski definition) is 2. The molecular formula is C13H18BrN5O. The average molecular weight is 340 g/mol. The molecule has 0 amide bonds. The van der Waals surface area contributed by atoms with Gasteiger partial charge in [0.25, 0.3) is 0 Å². The van der Waals surface area contributed by atoms with Gasteiger partial charge in [-0.15, -0.1) is 5.10 Å². The van der Waals surface area contributed by atoms with Crippen LogP contribution >= 0.6 is 15.9 Å². The van der Waals surface area contributed by atoms with E-state index in [4.69, 9.17) is 10.6 Å². The summed E-state index contributed by atoms with van der Waals surface area (Å²) in [6.45, 7) is 2.90. The standard InChI is InChI=1S/C13H18BrN5O/c1-3-6-19-12(8-16-18-19)13(17-15)10-7-9(20-2)4-5-11(10)14/h4-5,7-8,13,17H,3,6,15H2,1-2H3. The fraction of sp³-hybridized carbons (Fsp3) is 0.385. The average Bonchev–Trinajstić information content (AvgIpc) is 2.90. The fourth-order valence-corrected chi connectivity index (χ4v) is 2.55. The number of aromatic nitrogens is 3. The highest BCUT2D eigenvalue weighted by molar-refractivity contribution is 9.10. The summed E-state index contributed by atoms with van der Waals surface area (Å²) in [6.07, 6.45) is 2.71. The lowest BCUT2D eigenvalue weighted by Crippen LogP contribution is -2.31. The number of ether oxygens (including phenoxy) is 1. The second-order valence-electron chi connectivity index (χ2n) is 4.37. The summed E-state index contributed by atoms with van der Waals surface area (Å²) >= 11 is 3.55. The van der Waals surface area contributed by atoms with Crippen LogP contribution in [0.1, 0.15) is 30.6 Å². The molecule has 0 spiro atoms. The summed E-state index contributed by atoms with van der Waals surface area (Å²) in [5, 5.41) is 8.08. The van der Waals surface area contributed by atoms with Gasteiger partial charge < -0.3 is 4.74 Å². The van der Waals surface area contributed by atoms with Gasteiger partial charge in [-0.25, -0.2) is 10.1 Å². The number of methoxy groups -OCH3 is 1. The van der Waals surface area contributed by atoms with Crippen molar-refractivity contribution in [3.8, 4) is 5.75 Å². The van der Waals surface area contributed by atoms with Crippen LogP contribution in [0.3, 0.4) is 0 Å². The Kier molecular flexibility index (Phi) is 5.11. The first-order valence-electron chi connectivity index (χ1n) is 6.39. The lowest BCUT2D eigenvalue weighted by molar-refractivity contribution is 0.413. The number of halogens is 1. The van der Waals surface area contributed by atoms with Crippen molar-refractivity contribution in [3.63, 3.8) is 0 Å². The minimum Gasteiger partial charge on any atom is -0.497 e. The molecule has 1 aromatic carbocycles. The number of rotatable bonds is 6. The molecule has 0 saturated heterocycles. The zero-order valence-electron chi connectivity index (χ0n) is 11.5. The first-order valence-corrected chi connectivity index (χ1v) is 7.18. The molecule has 0 aliphatic rings. The zero-order chi connectivity index (χ0) is 14.5. The summed E-state index contributed by atoms with van der Waals surface area (Å²) in [5.41, 5.74) is 4.72. The van der Waals surface area contributed by atoms with Gasteiger partial charge in [0.2, 0.25) is 0 Å². The van der Waals surface area contributed by atoms with Gasteiger partial charge in [-0.05, 0) is 30.2 Å². The molecule has 6 nitrogen and oxygen atoms in total. The van der Waals surface area contributed by atoms with Crippen molar-refractivity contribution in [3.05, 3.63) is 40.1 Å². The third kappa shape index (κ3) is 3.00. The number of hydrogen-bond acceptors (Lipinski definition) is 5. The molecule has 0 saturated carbocycles. The lowest BCUT2D eigenvalue weighted by Gasteiger charge is -2.19. The van der Waals surface area contributed by atoms with Gasteiger partial charge in [-0.3, -0.25) is 5.84 Å². The monoisotopic (exact) mass is 339 g/mol. The van der Waals surface area contributed by atoms with Crippen molar-refractivity contribution in [2.24, 2.45) is 5.84 Å². The number of nitrogens with one attached hydrogen (secondary N) is 1. The molecule has 2 rings (SSSR count). The van der Waals surface area contributed by atoms with E-state index in [1.807, 2.05) is 22.9 Å². The minimum absolute atomic E-state index is 0.207. The predicted molar refractivity (Wildman–Crippen MR) is 80.2 cm³/mol. The van der Waals surface area contributed by atoms with Crippen LogP contribution < -0.4 is 16.0 Å². The normalized spacial score (nSPS) is 12.4. The van der Waals surface area contributed by atoms with Crippen molar-refractivity contribution < 1.29 is 4.74 Å². The van der Waals surface area contributed by atoms with Crippen LogP contribution in [0.15, 0.2) is 28.9 Å². The largest absolute Gasteiger partial charge is 0.497 e. The van der Waals surface area contributed by atoms with Crippen molar-refractivity contribution >= 4 is 15.9 Å². The topological polar surface area (TPSA) is 78.0 Å². The van der Waals surface area contributed by atoms with Crippen LogP contribution in [0.25, 0.3) is 0 Å². The second-order valence-corrected chi connectivity index (χ2v) is 5.22. The highest BCUT2D eigenvalue weighted by Crippen LogP contribution is 2.31. The number of nitrogens with zero attached hydrogens (tertiary/aromatic N) is 3. The Bertz CT molecular complexity index is 572. The van der Waals surface area contributed by atoms with Gasteiger partial charge in [-0.2, -0.15) is 0 Å². The van der Waals surface area contributed by atoms with E-state index in [1.165, 1.54) is 0 Å². The van der Waals surface area contributed by atoms with E-state index in [-0.39, 0.29) is 6.04 Å². The molecule has 1 aromatic heterocycles. The number of aryl methyl sites for hydroxylation is 1. The SMILES string of the molecule is CCCn1nncc1C(NN)c1cc(OC)ccc1Br. The van der Waals surface area contributed by atoms with Gasteiger partial charge in [0.15, 0.2) is 0 Å². The van der Waals surface area contributed by atoms with E-state index < -0.39 is 0 Å². The van der Waals surface area contributed by atoms with Crippen LogP contribution in [0, 0.1) is 0 Å². The van der Waals surface area contributed by atoms with Crippen LogP contribution in [0.5, 0.6) is 5.75 Å². The second kappa shape index (κ2) is 6.83. The molecule has 1 atom stereocenters. The quantitative estimate of drug-likeness (QED) is 0.621. The molecule has 108 valence electrons. The molecule has 0 aliphatic heterocycles. The Hall–Kier alpha value is -1.44. The summed E-state index contributed by atoms with van der Waals surface area (Å²) < 4.78 is 8.08. The van der Waals surface area contributed by atoms with Crippen molar-refractivity contribution in [1.29, 1.82) is 0 Å². The zero-order valence-corrected chi connectivity index (χ0v) is 13.1. The van der Waals surface area contributed by atoms with Crippen LogP contribution in [0.4, 0.5) is 0 Å². The Morgan fingerprint density at radius 3 is 2.95 bits per heavy atom. The molecule has 1 unspecified atom stereocenters. The fourth-order valence-electron chi connectivity index (χ4n) is 2.08. The van der Waals surface area contributed by atoms with Gasteiger partial charge in [0, 0.05) is 11.0 Å². The molecule has 3 N–H and O–H groups in total. The van der Waals surface area contributed by atoms with Crippen molar-refractivity contribution in [2.45, 2.75) is 25.9 Å². The lowest BCUT2D eigenvalue weighted by atomic mass is 10.0. The highest BCUT2D eigenvalue weighted by Gasteiger charge is 2.20. The molecule has 0 radical (unpaired) electrons. The molecule has 0 bridgehead atoms. The van der Waals surface area contributed by atoms with Gasteiger partial charge in [0.1, 0.15) is 5.75 Å². The Labute approximate surface area is 126 Å². The van der Waals surface area contributed by atoms with Crippen molar-refractivity contribution in [2.75, 3.05) is 7.11 Å². The highest BCUT2D eigenvalue weighted by atomic mass is 79.9. The molecule has 2 aromatic rings. The Balaban J connectivity index is 2.43. The summed E-state index contributed by atoms with van der Waals surface area (Å²) in [4.78, 5) is 0. The maximum absolute atomic E-state index is 5.74. The molecule has 0 fully saturated rings. The molecule has 20 heavy (non-hydrogen) atoms. The summed E-state index contributed by atoms with van der Waals surface area (Å²) in [5.74, 6) is 6.52. The molecular weight excluding hydrogens is 322 g/mol. The first-order chi connectivity index (χ1) is 9.71. The predicted octanol–water partition coefficient (Wildman–Crippen LogP) is 2.01. The van der Waals surface area contributed by atoms with E-state index in [0.29, 0.717) is 0 Å². The third-order valence-corrected chi connectivity index (χ3v) is 3.78. The first kappa shape index (κ1) is 15.0. The molecule has 1 heterocycles. The van der Waals surface area contributed by atoms with Crippen molar-refractivity contribution in [1.82, 2.24) is 20.4 Å². The van der Waals surface area contributed by atoms with Crippen LogP contribution in [-0.2, 0) is 6.54 Å². The van der Waals surface area contributed by atoms with E-state index in [9.17, 15) is 0 Å². The maximum atomic E-state index is 5.74. The van der Waals surface area contributed by atoms with E-state index in [2.05, 4.69) is 38.6 Å². The Morgan fingerprint density at radius 1 is 1.50 bits per heavy atom. The third-order valence-electron chi connectivity index (χ3n) is 3.06. The smallest absolute Gasteiger partial charge is 0.119 e. The number of benzene rings is 1. The van der Waals surface area contributed by atoms with E-state index >= 15 is 0 Å². The summed E-state index contributed by atoms with van der Waals surface area (Å²) in [7, 11) is 1.64. The van der Waals surface area contributed by atoms with E-state index in [1.54, 1.807) is 13.3 Å². The van der Waals surface area contributed by atoms with E-state index in [0.717, 1.165) is 34.4 Å². The number of hydrazine groups is 1. The van der Waals surface area contributed by atoms with Gasteiger partial charge >= 0.3 is 0 Å². The maximum Gasteiger partial charge on any atom is 0.119 e. The minimum atomic E-state index is -0.207. The van der Waals surface area contributed by atoms with Gasteiger partial charge in [0.05, 0.1) is 25.0 Å². The van der Waals surface area contributed by atoms with Crippen LogP contribution in [-0.4, -0.2) is 22.1 Å². The summed E-state index contributed by atoms with van der Waals surface area (Å²) in [6, 6.07) is 5.56. The van der Waals surface area contributed by atoms with Crippen LogP contribution in [0.2, 0.25) is 0 Å². The van der Waals surface area contributed by atoms with Gasteiger partial charge in [-0.1, -0.05) is 28.1 Å². The molecule has 7 heteroatoms. The molecule has 0 aliphatic carbocycles.